The van der Waals surface area contributed by atoms with Crippen LogP contribution in [0.15, 0.2) is 47.4 Å². The van der Waals surface area contributed by atoms with Crippen LogP contribution in [0, 0.1) is 0 Å². The number of rotatable bonds is 4. The second kappa shape index (κ2) is 7.03. The SMILES string of the molecule is O=C1C[C@H](NS(=O)(=O)c2ccc3c(c2)OCCO3)CN1c1ccc(Cl)cc1. The molecule has 1 N–H and O–H groups in total. The molecule has 7 nitrogen and oxygen atoms in total. The summed E-state index contributed by atoms with van der Waals surface area (Å²) in [7, 11) is -3.80. The number of carbonyl (C=O) groups excluding carboxylic acids is 1. The van der Waals surface area contributed by atoms with Gasteiger partial charge in [-0.1, -0.05) is 11.6 Å². The van der Waals surface area contributed by atoms with Gasteiger partial charge in [-0.05, 0) is 36.4 Å². The van der Waals surface area contributed by atoms with Crippen LogP contribution in [-0.4, -0.2) is 40.1 Å². The molecule has 2 aromatic rings. The van der Waals surface area contributed by atoms with Crippen molar-refractivity contribution >= 4 is 33.2 Å². The zero-order valence-electron chi connectivity index (χ0n) is 14.2. The fourth-order valence-corrected chi connectivity index (χ4v) is 4.50. The number of carbonyl (C=O) groups is 1. The van der Waals surface area contributed by atoms with E-state index in [0.717, 1.165) is 0 Å². The number of fused-ring (bicyclic) bond motifs is 1. The van der Waals surface area contributed by atoms with Crippen molar-refractivity contribution in [3.63, 3.8) is 0 Å². The number of nitrogens with zero attached hydrogens (tertiary/aromatic N) is 1. The van der Waals surface area contributed by atoms with Gasteiger partial charge in [0, 0.05) is 35.8 Å². The highest BCUT2D eigenvalue weighted by atomic mass is 35.5. The van der Waals surface area contributed by atoms with Crippen molar-refractivity contribution in [3.05, 3.63) is 47.5 Å². The van der Waals surface area contributed by atoms with Crippen LogP contribution in [0.4, 0.5) is 5.69 Å². The van der Waals surface area contributed by atoms with Gasteiger partial charge in [0.2, 0.25) is 15.9 Å². The van der Waals surface area contributed by atoms with E-state index >= 15 is 0 Å². The molecule has 0 radical (unpaired) electrons. The minimum absolute atomic E-state index is 0.0733. The first-order valence-corrected chi connectivity index (χ1v) is 10.3. The second-order valence-corrected chi connectivity index (χ2v) is 8.46. The van der Waals surface area contributed by atoms with E-state index in [9.17, 15) is 13.2 Å². The molecular weight excluding hydrogens is 392 g/mol. The molecule has 142 valence electrons. The van der Waals surface area contributed by atoms with Crippen LogP contribution in [0.25, 0.3) is 0 Å². The monoisotopic (exact) mass is 408 g/mol. The molecule has 1 atom stereocenters. The summed E-state index contributed by atoms with van der Waals surface area (Å²) in [6.45, 7) is 1.06. The number of hydrogen-bond donors (Lipinski definition) is 1. The van der Waals surface area contributed by atoms with Gasteiger partial charge in [-0.3, -0.25) is 4.79 Å². The Labute approximate surface area is 161 Å². The first kappa shape index (κ1) is 18.1. The van der Waals surface area contributed by atoms with Crippen LogP contribution in [0.2, 0.25) is 5.02 Å². The van der Waals surface area contributed by atoms with E-state index in [4.69, 9.17) is 21.1 Å². The lowest BCUT2D eigenvalue weighted by atomic mass is 10.3. The lowest BCUT2D eigenvalue weighted by molar-refractivity contribution is -0.117. The Morgan fingerprint density at radius 2 is 1.74 bits per heavy atom. The summed E-state index contributed by atoms with van der Waals surface area (Å²) in [5, 5.41) is 0.571. The maximum atomic E-state index is 12.7. The fraction of sp³-hybridized carbons (Fsp3) is 0.278. The normalized spacial score (nSPS) is 19.4. The fourth-order valence-electron chi connectivity index (χ4n) is 3.14. The molecule has 2 aromatic carbocycles. The predicted molar refractivity (Wildman–Crippen MR) is 100.0 cm³/mol. The zero-order chi connectivity index (χ0) is 19.0. The highest BCUT2D eigenvalue weighted by Gasteiger charge is 2.34. The largest absolute Gasteiger partial charge is 0.486 e. The molecule has 0 unspecified atom stereocenters. The molecule has 0 saturated carbocycles. The third-order valence-corrected chi connectivity index (χ3v) is 6.18. The van der Waals surface area contributed by atoms with Crippen molar-refractivity contribution in [2.45, 2.75) is 17.4 Å². The van der Waals surface area contributed by atoms with Crippen LogP contribution in [0.1, 0.15) is 6.42 Å². The van der Waals surface area contributed by atoms with Crippen molar-refractivity contribution in [2.75, 3.05) is 24.7 Å². The minimum Gasteiger partial charge on any atom is -0.486 e. The molecule has 0 aliphatic carbocycles. The number of hydrogen-bond acceptors (Lipinski definition) is 5. The van der Waals surface area contributed by atoms with Gasteiger partial charge in [0.05, 0.1) is 4.90 Å². The Balaban J connectivity index is 1.50. The number of halogens is 1. The number of nitrogens with one attached hydrogen (secondary N) is 1. The standard InChI is InChI=1S/C18H17ClN2O5S/c19-12-1-3-14(4-2-12)21-11-13(9-18(21)22)20-27(23,24)15-5-6-16-17(10-15)26-8-7-25-16/h1-6,10,13,20H,7-9,11H2/t13-/m0/s1. The summed E-state index contributed by atoms with van der Waals surface area (Å²) >= 11 is 5.87. The molecule has 2 aliphatic heterocycles. The molecule has 1 fully saturated rings. The molecule has 0 bridgehead atoms. The van der Waals surface area contributed by atoms with Gasteiger partial charge >= 0.3 is 0 Å². The lowest BCUT2D eigenvalue weighted by Gasteiger charge is -2.20. The molecule has 9 heteroatoms. The quantitative estimate of drug-likeness (QED) is 0.838. The number of amides is 1. The highest BCUT2D eigenvalue weighted by molar-refractivity contribution is 7.89. The molecule has 2 aliphatic rings. The number of benzene rings is 2. The maximum absolute atomic E-state index is 12.7. The van der Waals surface area contributed by atoms with Crippen molar-refractivity contribution in [2.24, 2.45) is 0 Å². The van der Waals surface area contributed by atoms with Gasteiger partial charge in [-0.2, -0.15) is 0 Å². The summed E-state index contributed by atoms with van der Waals surface area (Å²) in [6, 6.07) is 10.8. The molecule has 4 rings (SSSR count). The van der Waals surface area contributed by atoms with Crippen LogP contribution < -0.4 is 19.1 Å². The molecular formula is C18H17ClN2O5S. The third-order valence-electron chi connectivity index (χ3n) is 4.41. The summed E-state index contributed by atoms with van der Waals surface area (Å²) in [5.74, 6) is 0.770. The maximum Gasteiger partial charge on any atom is 0.241 e. The van der Waals surface area contributed by atoms with Crippen LogP contribution in [0.5, 0.6) is 11.5 Å². The Kier molecular flexibility index (Phi) is 4.71. The van der Waals surface area contributed by atoms with Crippen molar-refractivity contribution in [1.82, 2.24) is 4.72 Å². The van der Waals surface area contributed by atoms with Gasteiger partial charge in [0.25, 0.3) is 0 Å². The van der Waals surface area contributed by atoms with Gasteiger partial charge in [0.15, 0.2) is 11.5 Å². The average Bonchev–Trinajstić information content (AvgIpc) is 3.01. The van der Waals surface area contributed by atoms with Gasteiger partial charge < -0.3 is 14.4 Å². The van der Waals surface area contributed by atoms with E-state index in [1.807, 2.05) is 0 Å². The molecule has 1 amide bonds. The number of sulfonamides is 1. The molecule has 1 saturated heterocycles. The third kappa shape index (κ3) is 3.73. The van der Waals surface area contributed by atoms with Crippen molar-refractivity contribution in [3.8, 4) is 11.5 Å². The van der Waals surface area contributed by atoms with E-state index in [2.05, 4.69) is 4.72 Å². The lowest BCUT2D eigenvalue weighted by Crippen LogP contribution is -2.37. The molecule has 0 spiro atoms. The Bertz CT molecular complexity index is 978. The van der Waals surface area contributed by atoms with E-state index in [1.54, 1.807) is 35.2 Å². The summed E-state index contributed by atoms with van der Waals surface area (Å²) in [5.41, 5.74) is 0.686. The van der Waals surface area contributed by atoms with Crippen molar-refractivity contribution < 1.29 is 22.7 Å². The first-order chi connectivity index (χ1) is 12.9. The summed E-state index contributed by atoms with van der Waals surface area (Å²) < 4.78 is 38.9. The van der Waals surface area contributed by atoms with Crippen molar-refractivity contribution in [1.29, 1.82) is 0 Å². The van der Waals surface area contributed by atoms with Gasteiger partial charge in [0.1, 0.15) is 13.2 Å². The molecule has 2 heterocycles. The van der Waals surface area contributed by atoms with Crippen LogP contribution >= 0.6 is 11.6 Å². The topological polar surface area (TPSA) is 84.9 Å². The van der Waals surface area contributed by atoms with Gasteiger partial charge in [-0.25, -0.2) is 13.1 Å². The van der Waals surface area contributed by atoms with E-state index in [1.165, 1.54) is 12.1 Å². The zero-order valence-corrected chi connectivity index (χ0v) is 15.8. The average molecular weight is 409 g/mol. The number of anilines is 1. The van der Waals surface area contributed by atoms with Crippen LogP contribution in [-0.2, 0) is 14.8 Å². The smallest absolute Gasteiger partial charge is 0.241 e. The summed E-state index contributed by atoms with van der Waals surface area (Å²) in [4.78, 5) is 13.9. The van der Waals surface area contributed by atoms with E-state index in [0.29, 0.717) is 35.4 Å². The molecule has 27 heavy (non-hydrogen) atoms. The van der Waals surface area contributed by atoms with E-state index in [-0.39, 0.29) is 23.8 Å². The Hall–Kier alpha value is -2.29. The first-order valence-electron chi connectivity index (χ1n) is 8.40. The van der Waals surface area contributed by atoms with E-state index < -0.39 is 16.1 Å². The highest BCUT2D eigenvalue weighted by Crippen LogP contribution is 2.32. The Morgan fingerprint density at radius 1 is 1.04 bits per heavy atom. The van der Waals surface area contributed by atoms with Gasteiger partial charge in [-0.15, -0.1) is 0 Å². The van der Waals surface area contributed by atoms with Crippen LogP contribution in [0.3, 0.4) is 0 Å². The minimum atomic E-state index is -3.80. The predicted octanol–water partition coefficient (Wildman–Crippen LogP) is 2.19. The Morgan fingerprint density at radius 3 is 2.48 bits per heavy atom. The summed E-state index contributed by atoms with van der Waals surface area (Å²) in [6.07, 6.45) is 0.0897. The molecule has 0 aromatic heterocycles. The second-order valence-electron chi connectivity index (χ2n) is 6.31. The number of ether oxygens (including phenoxy) is 2.